The van der Waals surface area contributed by atoms with Crippen LogP contribution >= 0.6 is 11.3 Å². The zero-order valence-electron chi connectivity index (χ0n) is 12.6. The summed E-state index contributed by atoms with van der Waals surface area (Å²) in [6, 6.07) is 8.67. The minimum Gasteiger partial charge on any atom is -0.396 e. The van der Waals surface area contributed by atoms with Gasteiger partial charge in [0.25, 0.3) is 0 Å². The van der Waals surface area contributed by atoms with Gasteiger partial charge >= 0.3 is 0 Å². The average Bonchev–Trinajstić information content (AvgIpc) is 3.26. The topological polar surface area (TPSA) is 32.7 Å². The van der Waals surface area contributed by atoms with Gasteiger partial charge in [0.05, 0.1) is 11.7 Å². The Balaban J connectivity index is 1.40. The van der Waals surface area contributed by atoms with Crippen molar-refractivity contribution in [1.82, 2.24) is 4.90 Å². The lowest BCUT2D eigenvalue weighted by Crippen LogP contribution is -2.37. The molecule has 3 fully saturated rings. The van der Waals surface area contributed by atoms with Crippen LogP contribution in [-0.4, -0.2) is 41.4 Å². The quantitative estimate of drug-likeness (QED) is 0.945. The normalized spacial score (nSPS) is 37.2. The minimum atomic E-state index is 0.0455. The Morgan fingerprint density at radius 1 is 1.36 bits per heavy atom. The Kier molecular flexibility index (Phi) is 2.93. The summed E-state index contributed by atoms with van der Waals surface area (Å²) >= 11 is 1.84. The molecule has 116 valence electrons. The van der Waals surface area contributed by atoms with Crippen molar-refractivity contribution >= 4 is 21.4 Å². The van der Waals surface area contributed by atoms with Crippen LogP contribution in [0.4, 0.5) is 0 Å². The molecule has 5 rings (SSSR count). The third-order valence-corrected chi connectivity index (χ3v) is 7.03. The molecule has 4 atom stereocenters. The first kappa shape index (κ1) is 13.5. The highest BCUT2D eigenvalue weighted by Gasteiger charge is 2.62. The van der Waals surface area contributed by atoms with Crippen LogP contribution in [0.25, 0.3) is 10.1 Å². The zero-order valence-corrected chi connectivity index (χ0v) is 13.4. The predicted molar refractivity (Wildman–Crippen MR) is 88.0 cm³/mol. The van der Waals surface area contributed by atoms with Crippen LogP contribution in [0.15, 0.2) is 29.6 Å². The molecular formula is C18H21NO2S. The van der Waals surface area contributed by atoms with Gasteiger partial charge in [-0.15, -0.1) is 11.3 Å². The Hall–Kier alpha value is -0.940. The summed E-state index contributed by atoms with van der Waals surface area (Å²) in [5.41, 5.74) is 1.48. The monoisotopic (exact) mass is 315 g/mol. The SMILES string of the molecule is OC[C@H]1[C@H]2CN(Cc3csc4ccccc34)C[C@]23CC[C@H]1O3. The lowest BCUT2D eigenvalue weighted by atomic mass is 9.74. The number of fused-ring (bicyclic) bond motifs is 2. The number of aliphatic hydroxyl groups is 1. The summed E-state index contributed by atoms with van der Waals surface area (Å²) in [4.78, 5) is 2.54. The van der Waals surface area contributed by atoms with Crippen molar-refractivity contribution in [2.75, 3.05) is 19.7 Å². The van der Waals surface area contributed by atoms with E-state index in [1.165, 1.54) is 22.1 Å². The highest BCUT2D eigenvalue weighted by Crippen LogP contribution is 2.54. The van der Waals surface area contributed by atoms with E-state index in [9.17, 15) is 5.11 Å². The largest absolute Gasteiger partial charge is 0.396 e. The number of likely N-dealkylation sites (tertiary alicyclic amines) is 1. The Morgan fingerprint density at radius 3 is 3.18 bits per heavy atom. The molecular weight excluding hydrogens is 294 g/mol. The summed E-state index contributed by atoms with van der Waals surface area (Å²) in [6.45, 7) is 3.40. The summed E-state index contributed by atoms with van der Waals surface area (Å²) in [7, 11) is 0. The maximum atomic E-state index is 9.72. The fourth-order valence-electron chi connectivity index (χ4n) is 5.05. The van der Waals surface area contributed by atoms with Gasteiger partial charge in [-0.25, -0.2) is 0 Å². The number of rotatable bonds is 3. The van der Waals surface area contributed by atoms with Gasteiger partial charge in [0.2, 0.25) is 0 Å². The maximum absolute atomic E-state index is 9.72. The number of hydrogen-bond donors (Lipinski definition) is 1. The van der Waals surface area contributed by atoms with E-state index in [4.69, 9.17) is 4.74 Å². The van der Waals surface area contributed by atoms with Gasteiger partial charge in [-0.2, -0.15) is 0 Å². The summed E-state index contributed by atoms with van der Waals surface area (Å²) in [5.74, 6) is 0.888. The van der Waals surface area contributed by atoms with E-state index in [0.29, 0.717) is 17.9 Å². The molecule has 2 aromatic rings. The van der Waals surface area contributed by atoms with Gasteiger partial charge in [0, 0.05) is 42.8 Å². The van der Waals surface area contributed by atoms with E-state index >= 15 is 0 Å². The lowest BCUT2D eigenvalue weighted by Gasteiger charge is -2.28. The molecule has 3 aliphatic rings. The number of hydrogen-bond acceptors (Lipinski definition) is 4. The van der Waals surface area contributed by atoms with Crippen LogP contribution in [0.5, 0.6) is 0 Å². The smallest absolute Gasteiger partial charge is 0.0858 e. The van der Waals surface area contributed by atoms with Crippen molar-refractivity contribution < 1.29 is 9.84 Å². The Morgan fingerprint density at radius 2 is 2.27 bits per heavy atom. The van der Waals surface area contributed by atoms with Crippen molar-refractivity contribution in [3.05, 3.63) is 35.2 Å². The molecule has 1 aromatic carbocycles. The predicted octanol–water partition coefficient (Wildman–Crippen LogP) is 2.87. The molecule has 0 saturated carbocycles. The van der Waals surface area contributed by atoms with Crippen molar-refractivity contribution in [1.29, 1.82) is 0 Å². The van der Waals surface area contributed by atoms with Crippen molar-refractivity contribution in [3.8, 4) is 0 Å². The Bertz CT molecular complexity index is 714. The molecule has 4 heteroatoms. The molecule has 1 aromatic heterocycles. The number of thiophene rings is 1. The van der Waals surface area contributed by atoms with E-state index in [1.807, 2.05) is 11.3 Å². The first-order valence-electron chi connectivity index (χ1n) is 8.25. The third kappa shape index (κ3) is 1.78. The molecule has 22 heavy (non-hydrogen) atoms. The second-order valence-corrected chi connectivity index (χ2v) is 8.05. The highest BCUT2D eigenvalue weighted by atomic mass is 32.1. The van der Waals surface area contributed by atoms with Crippen molar-refractivity contribution in [2.45, 2.75) is 31.1 Å². The van der Waals surface area contributed by atoms with Gasteiger partial charge in [-0.05, 0) is 35.2 Å². The van der Waals surface area contributed by atoms with Gasteiger partial charge < -0.3 is 9.84 Å². The second-order valence-electron chi connectivity index (χ2n) is 7.14. The fourth-order valence-corrected chi connectivity index (χ4v) is 6.00. The van der Waals surface area contributed by atoms with Crippen LogP contribution < -0.4 is 0 Å². The molecule has 3 nitrogen and oxygen atoms in total. The van der Waals surface area contributed by atoms with Crippen molar-refractivity contribution in [3.63, 3.8) is 0 Å². The van der Waals surface area contributed by atoms with Gasteiger partial charge in [-0.1, -0.05) is 18.2 Å². The van der Waals surface area contributed by atoms with Crippen LogP contribution in [0.1, 0.15) is 18.4 Å². The molecule has 3 aliphatic heterocycles. The zero-order chi connectivity index (χ0) is 14.7. The minimum absolute atomic E-state index is 0.0455. The molecule has 0 unspecified atom stereocenters. The standard InChI is InChI=1S/C18H21NO2S/c20-9-14-15-8-19(11-18(15)6-5-16(14)21-18)7-12-10-22-17-4-2-1-3-13(12)17/h1-4,10,14-16,20H,5-9,11H2/t14-,15+,16+,18+/m0/s1. The third-order valence-electron chi connectivity index (χ3n) is 6.02. The van der Waals surface area contributed by atoms with Crippen LogP contribution in [0.2, 0.25) is 0 Å². The van der Waals surface area contributed by atoms with Crippen molar-refractivity contribution in [2.24, 2.45) is 11.8 Å². The number of aliphatic hydroxyl groups excluding tert-OH is 1. The maximum Gasteiger partial charge on any atom is 0.0858 e. The van der Waals surface area contributed by atoms with E-state index < -0.39 is 0 Å². The first-order valence-corrected chi connectivity index (χ1v) is 9.13. The molecule has 0 amide bonds. The lowest BCUT2D eigenvalue weighted by molar-refractivity contribution is 0.000418. The average molecular weight is 315 g/mol. The molecule has 0 radical (unpaired) electrons. The summed E-state index contributed by atoms with van der Waals surface area (Å²) in [5, 5.41) is 13.4. The first-order chi connectivity index (χ1) is 10.8. The molecule has 1 spiro atoms. The Labute approximate surface area is 134 Å². The molecule has 0 aliphatic carbocycles. The highest BCUT2D eigenvalue weighted by molar-refractivity contribution is 7.17. The number of benzene rings is 1. The summed E-state index contributed by atoms with van der Waals surface area (Å²) in [6.07, 6.45) is 2.63. The molecule has 3 saturated heterocycles. The fraction of sp³-hybridized carbons (Fsp3) is 0.556. The van der Waals surface area contributed by atoms with Gasteiger partial charge in [0.1, 0.15) is 0 Å². The van der Waals surface area contributed by atoms with Gasteiger partial charge in [-0.3, -0.25) is 4.90 Å². The van der Waals surface area contributed by atoms with Gasteiger partial charge in [0.15, 0.2) is 0 Å². The van der Waals surface area contributed by atoms with Crippen LogP contribution in [-0.2, 0) is 11.3 Å². The van der Waals surface area contributed by atoms with E-state index in [0.717, 1.165) is 26.1 Å². The van der Waals surface area contributed by atoms with E-state index in [-0.39, 0.29) is 12.2 Å². The second kappa shape index (κ2) is 4.78. The van der Waals surface area contributed by atoms with E-state index in [1.54, 1.807) is 0 Å². The number of nitrogens with zero attached hydrogens (tertiary/aromatic N) is 1. The van der Waals surface area contributed by atoms with E-state index in [2.05, 4.69) is 34.5 Å². The molecule has 2 bridgehead atoms. The number of ether oxygens (including phenoxy) is 1. The van der Waals surface area contributed by atoms with Crippen LogP contribution in [0, 0.1) is 11.8 Å². The molecule has 4 heterocycles. The van der Waals surface area contributed by atoms with Crippen LogP contribution in [0.3, 0.4) is 0 Å². The molecule has 1 N–H and O–H groups in total. The summed E-state index contributed by atoms with van der Waals surface area (Å²) < 4.78 is 7.70.